The summed E-state index contributed by atoms with van der Waals surface area (Å²) in [5, 5.41) is 0. The van der Waals surface area contributed by atoms with Crippen molar-refractivity contribution in [3.8, 4) is 0 Å². The minimum absolute atomic E-state index is 0.171. The first-order valence-corrected chi connectivity index (χ1v) is 5.75. The van der Waals surface area contributed by atoms with Crippen LogP contribution in [-0.4, -0.2) is 13.0 Å². The summed E-state index contributed by atoms with van der Waals surface area (Å²) in [7, 11) is 1.44. The molecule has 0 unspecified atom stereocenters. The second-order valence-electron chi connectivity index (χ2n) is 3.92. The van der Waals surface area contributed by atoms with Crippen LogP contribution in [-0.2, 0) is 9.63 Å². The van der Waals surface area contributed by atoms with Gasteiger partial charge in [-0.2, -0.15) is 0 Å². The Morgan fingerprint density at radius 3 is 1.78 bits per heavy atom. The number of hydrogen-bond acceptors (Lipinski definition) is 2. The van der Waals surface area contributed by atoms with Crippen molar-refractivity contribution in [2.45, 2.75) is 5.92 Å². The lowest BCUT2D eigenvalue weighted by molar-refractivity contribution is -0.131. The fraction of sp³-hybridized carbons (Fsp3) is 0.133. The third-order valence-electron chi connectivity index (χ3n) is 2.73. The normalized spacial score (nSPS) is 10.3. The molecule has 0 aromatic heterocycles. The Morgan fingerprint density at radius 2 is 1.39 bits per heavy atom. The van der Waals surface area contributed by atoms with Crippen molar-refractivity contribution in [1.82, 2.24) is 5.48 Å². The lowest BCUT2D eigenvalue weighted by atomic mass is 9.91. The third-order valence-corrected chi connectivity index (χ3v) is 2.73. The van der Waals surface area contributed by atoms with Gasteiger partial charge in [-0.25, -0.2) is 5.48 Å². The van der Waals surface area contributed by atoms with Crippen LogP contribution < -0.4 is 5.48 Å². The fourth-order valence-corrected chi connectivity index (χ4v) is 1.95. The molecule has 0 aliphatic carbocycles. The summed E-state index contributed by atoms with van der Waals surface area (Å²) in [4.78, 5) is 16.8. The summed E-state index contributed by atoms with van der Waals surface area (Å²) in [6, 6.07) is 19.3. The first kappa shape index (κ1) is 12.3. The van der Waals surface area contributed by atoms with Gasteiger partial charge in [0, 0.05) is 0 Å². The topological polar surface area (TPSA) is 38.3 Å². The summed E-state index contributed by atoms with van der Waals surface area (Å²) in [6.07, 6.45) is 0. The summed E-state index contributed by atoms with van der Waals surface area (Å²) < 4.78 is 0. The zero-order chi connectivity index (χ0) is 12.8. The van der Waals surface area contributed by atoms with E-state index in [9.17, 15) is 4.79 Å². The van der Waals surface area contributed by atoms with E-state index in [1.807, 2.05) is 60.7 Å². The van der Waals surface area contributed by atoms with E-state index in [0.29, 0.717) is 0 Å². The van der Waals surface area contributed by atoms with Gasteiger partial charge in [-0.15, -0.1) is 0 Å². The molecular formula is C15H15NO2. The van der Waals surface area contributed by atoms with Gasteiger partial charge in [-0.3, -0.25) is 9.63 Å². The lowest BCUT2D eigenvalue weighted by Gasteiger charge is -2.16. The molecule has 0 radical (unpaired) electrons. The molecule has 1 N–H and O–H groups in total. The molecule has 0 spiro atoms. The van der Waals surface area contributed by atoms with Crippen molar-refractivity contribution in [2.75, 3.05) is 7.11 Å². The van der Waals surface area contributed by atoms with Crippen molar-refractivity contribution < 1.29 is 9.63 Å². The third kappa shape index (κ3) is 2.76. The highest BCUT2D eigenvalue weighted by atomic mass is 16.6. The number of nitrogens with one attached hydrogen (secondary N) is 1. The fourth-order valence-electron chi connectivity index (χ4n) is 1.95. The molecule has 2 rings (SSSR count). The van der Waals surface area contributed by atoms with Crippen molar-refractivity contribution in [3.63, 3.8) is 0 Å². The second-order valence-corrected chi connectivity index (χ2v) is 3.92. The molecule has 0 bridgehead atoms. The quantitative estimate of drug-likeness (QED) is 0.835. The van der Waals surface area contributed by atoms with Crippen LogP contribution in [0.1, 0.15) is 17.0 Å². The van der Waals surface area contributed by atoms with Gasteiger partial charge in [0.25, 0.3) is 5.91 Å². The van der Waals surface area contributed by atoms with Crippen molar-refractivity contribution in [2.24, 2.45) is 0 Å². The van der Waals surface area contributed by atoms with Crippen LogP contribution in [0.15, 0.2) is 60.7 Å². The Morgan fingerprint density at radius 1 is 0.944 bits per heavy atom. The molecule has 0 fully saturated rings. The van der Waals surface area contributed by atoms with E-state index in [2.05, 4.69) is 5.48 Å². The summed E-state index contributed by atoms with van der Waals surface area (Å²) >= 11 is 0. The highest BCUT2D eigenvalue weighted by Gasteiger charge is 2.22. The van der Waals surface area contributed by atoms with Gasteiger partial charge >= 0.3 is 0 Å². The van der Waals surface area contributed by atoms with Gasteiger partial charge in [0.15, 0.2) is 0 Å². The number of hydrogen-bond donors (Lipinski definition) is 1. The molecular weight excluding hydrogens is 226 g/mol. The number of carbonyl (C=O) groups is 1. The first-order chi connectivity index (χ1) is 8.83. The smallest absolute Gasteiger partial charge is 0.255 e. The average molecular weight is 241 g/mol. The van der Waals surface area contributed by atoms with Crippen LogP contribution in [0.4, 0.5) is 0 Å². The number of rotatable bonds is 4. The molecule has 92 valence electrons. The molecule has 0 aliphatic heterocycles. The second kappa shape index (κ2) is 5.98. The van der Waals surface area contributed by atoms with Crippen molar-refractivity contribution >= 4 is 5.91 Å². The molecule has 0 aliphatic rings. The zero-order valence-corrected chi connectivity index (χ0v) is 10.2. The van der Waals surface area contributed by atoms with Gasteiger partial charge in [0.2, 0.25) is 0 Å². The highest BCUT2D eigenvalue weighted by Crippen LogP contribution is 2.24. The van der Waals surface area contributed by atoms with E-state index < -0.39 is 0 Å². The molecule has 3 heteroatoms. The van der Waals surface area contributed by atoms with Crippen molar-refractivity contribution in [3.05, 3.63) is 71.8 Å². The minimum Gasteiger partial charge on any atom is -0.277 e. The maximum atomic E-state index is 12.1. The Bertz CT molecular complexity index is 457. The summed E-state index contributed by atoms with van der Waals surface area (Å²) in [5.41, 5.74) is 4.29. The Labute approximate surface area is 106 Å². The number of amides is 1. The van der Waals surface area contributed by atoms with Crippen LogP contribution >= 0.6 is 0 Å². The molecule has 0 saturated carbocycles. The Kier molecular flexibility index (Phi) is 4.10. The standard InChI is InChI=1S/C15H15NO2/c1-18-16-15(17)14(12-8-4-2-5-9-12)13-10-6-3-7-11-13/h2-11,14H,1H3,(H,16,17). The SMILES string of the molecule is CONC(=O)C(c1ccccc1)c1ccccc1. The molecule has 2 aromatic carbocycles. The van der Waals surface area contributed by atoms with Crippen molar-refractivity contribution in [1.29, 1.82) is 0 Å². The van der Waals surface area contributed by atoms with Gasteiger partial charge in [-0.1, -0.05) is 60.7 Å². The van der Waals surface area contributed by atoms with E-state index >= 15 is 0 Å². The Hall–Kier alpha value is -2.13. The maximum absolute atomic E-state index is 12.1. The van der Waals surface area contributed by atoms with Gasteiger partial charge < -0.3 is 0 Å². The van der Waals surface area contributed by atoms with Gasteiger partial charge in [-0.05, 0) is 11.1 Å². The summed E-state index contributed by atoms with van der Waals surface area (Å²) in [6.45, 7) is 0. The van der Waals surface area contributed by atoms with E-state index in [-0.39, 0.29) is 11.8 Å². The molecule has 18 heavy (non-hydrogen) atoms. The van der Waals surface area contributed by atoms with Gasteiger partial charge in [0.05, 0.1) is 13.0 Å². The lowest BCUT2D eigenvalue weighted by Crippen LogP contribution is -2.29. The van der Waals surface area contributed by atoms with Crippen LogP contribution in [0, 0.1) is 0 Å². The average Bonchev–Trinajstić information content (AvgIpc) is 2.42. The summed E-state index contributed by atoms with van der Waals surface area (Å²) in [5.74, 6) is -0.526. The van der Waals surface area contributed by atoms with E-state index in [0.717, 1.165) is 11.1 Å². The monoisotopic (exact) mass is 241 g/mol. The van der Waals surface area contributed by atoms with E-state index in [1.165, 1.54) is 7.11 Å². The van der Waals surface area contributed by atoms with E-state index in [4.69, 9.17) is 4.84 Å². The predicted molar refractivity (Wildman–Crippen MR) is 69.9 cm³/mol. The van der Waals surface area contributed by atoms with Gasteiger partial charge in [0.1, 0.15) is 0 Å². The maximum Gasteiger partial charge on any atom is 0.255 e. The molecule has 3 nitrogen and oxygen atoms in total. The molecule has 0 saturated heterocycles. The molecule has 1 amide bonds. The highest BCUT2D eigenvalue weighted by molar-refractivity contribution is 5.86. The van der Waals surface area contributed by atoms with E-state index in [1.54, 1.807) is 0 Å². The van der Waals surface area contributed by atoms with Crippen LogP contribution in [0.25, 0.3) is 0 Å². The van der Waals surface area contributed by atoms with Crippen LogP contribution in [0.2, 0.25) is 0 Å². The first-order valence-electron chi connectivity index (χ1n) is 5.75. The van der Waals surface area contributed by atoms with Crippen LogP contribution in [0.5, 0.6) is 0 Å². The molecule has 0 atom stereocenters. The number of hydroxylamine groups is 1. The molecule has 0 heterocycles. The van der Waals surface area contributed by atoms with Crippen LogP contribution in [0.3, 0.4) is 0 Å². The largest absolute Gasteiger partial charge is 0.277 e. The minimum atomic E-state index is -0.354. The zero-order valence-electron chi connectivity index (χ0n) is 10.2. The number of benzene rings is 2. The Balaban J connectivity index is 2.38. The molecule has 2 aromatic rings. The number of carbonyl (C=O) groups excluding carboxylic acids is 1. The predicted octanol–water partition coefficient (Wildman–Crippen LogP) is 2.50.